The summed E-state index contributed by atoms with van der Waals surface area (Å²) in [6.45, 7) is 0.124. The molecule has 0 aromatic heterocycles. The van der Waals surface area contributed by atoms with Crippen LogP contribution in [0.2, 0.25) is 0 Å². The van der Waals surface area contributed by atoms with Crippen LogP contribution in [0.5, 0.6) is 0 Å². The highest BCUT2D eigenvalue weighted by molar-refractivity contribution is 7.99. The molecular formula is C10H18N4O6S. The molecule has 0 spiro atoms. The first-order valence-electron chi connectivity index (χ1n) is 5.81. The molecule has 0 saturated carbocycles. The van der Waals surface area contributed by atoms with Crippen LogP contribution in [0.3, 0.4) is 0 Å². The molecule has 1 aliphatic rings. The summed E-state index contributed by atoms with van der Waals surface area (Å²) in [5.74, 6) is -1.78. The fourth-order valence-corrected chi connectivity index (χ4v) is 2.12. The Balaban J connectivity index is 0.000000471. The molecule has 2 unspecified atom stereocenters. The zero-order valence-corrected chi connectivity index (χ0v) is 12.1. The maximum atomic E-state index is 10.5. The fraction of sp³-hybridized carbons (Fsp3) is 0.600. The van der Waals surface area contributed by atoms with E-state index < -0.39 is 30.1 Å². The molecule has 1 aliphatic heterocycles. The lowest BCUT2D eigenvalue weighted by Gasteiger charge is -2.11. The monoisotopic (exact) mass is 322 g/mol. The smallest absolute Gasteiger partial charge is 0.321 e. The first kappa shape index (κ1) is 19.1. The number of urea groups is 1. The van der Waals surface area contributed by atoms with E-state index in [9.17, 15) is 19.2 Å². The molecule has 2 atom stereocenters. The summed E-state index contributed by atoms with van der Waals surface area (Å²) in [5.41, 5.74) is 5.23. The number of amides is 3. The summed E-state index contributed by atoms with van der Waals surface area (Å²) in [6, 6.07) is -2.00. The van der Waals surface area contributed by atoms with Gasteiger partial charge < -0.3 is 26.6 Å². The van der Waals surface area contributed by atoms with Crippen LogP contribution in [0.25, 0.3) is 0 Å². The lowest BCUT2D eigenvalue weighted by atomic mass is 10.3. The molecule has 3 amide bonds. The lowest BCUT2D eigenvalue weighted by Crippen LogP contribution is -2.38. The van der Waals surface area contributed by atoms with Gasteiger partial charge in [-0.1, -0.05) is 0 Å². The molecule has 120 valence electrons. The maximum absolute atomic E-state index is 10.5. The Labute approximate surface area is 124 Å². The summed E-state index contributed by atoms with van der Waals surface area (Å²) >= 11 is 1.20. The van der Waals surface area contributed by atoms with Gasteiger partial charge in [-0.25, -0.2) is 4.79 Å². The van der Waals surface area contributed by atoms with Gasteiger partial charge in [0.25, 0.3) is 0 Å². The third-order valence-electron chi connectivity index (χ3n) is 2.21. The van der Waals surface area contributed by atoms with Gasteiger partial charge in [0.1, 0.15) is 12.1 Å². The predicted octanol–water partition coefficient (Wildman–Crippen LogP) is -2.37. The first-order valence-corrected chi connectivity index (χ1v) is 6.97. The first-order chi connectivity index (χ1) is 9.77. The number of hydrogen-bond acceptors (Lipinski definition) is 7. The number of nitrogens with one attached hydrogen (secondary N) is 3. The number of aliphatic carboxylic acids is 2. The van der Waals surface area contributed by atoms with Crippen molar-refractivity contribution in [1.82, 2.24) is 16.0 Å². The minimum atomic E-state index is -1.08. The number of imide groups is 1. The van der Waals surface area contributed by atoms with Gasteiger partial charge in [0, 0.05) is 11.5 Å². The molecule has 0 aliphatic carbocycles. The largest absolute Gasteiger partial charge is 0.480 e. The Morgan fingerprint density at radius 3 is 2.24 bits per heavy atom. The Morgan fingerprint density at radius 2 is 1.95 bits per heavy atom. The highest BCUT2D eigenvalue weighted by Crippen LogP contribution is 2.04. The van der Waals surface area contributed by atoms with E-state index in [0.717, 1.165) is 0 Å². The third kappa shape index (κ3) is 8.83. The van der Waals surface area contributed by atoms with Gasteiger partial charge in [-0.15, -0.1) is 0 Å². The highest BCUT2D eigenvalue weighted by atomic mass is 32.2. The number of thioether (sulfide) groups is 1. The summed E-state index contributed by atoms with van der Waals surface area (Å²) < 4.78 is 0. The second kappa shape index (κ2) is 9.96. The zero-order chi connectivity index (χ0) is 16.4. The maximum Gasteiger partial charge on any atom is 0.321 e. The topological polar surface area (TPSA) is 171 Å². The number of rotatable bonds is 7. The Kier molecular flexibility index (Phi) is 9.08. The van der Waals surface area contributed by atoms with Crippen LogP contribution in [-0.2, 0) is 14.4 Å². The minimum absolute atomic E-state index is 0.124. The minimum Gasteiger partial charge on any atom is -0.480 e. The van der Waals surface area contributed by atoms with E-state index >= 15 is 0 Å². The van der Waals surface area contributed by atoms with Gasteiger partial charge in [0.15, 0.2) is 0 Å². The van der Waals surface area contributed by atoms with Gasteiger partial charge in [-0.05, 0) is 7.05 Å². The van der Waals surface area contributed by atoms with Crippen LogP contribution >= 0.6 is 11.8 Å². The van der Waals surface area contributed by atoms with Crippen molar-refractivity contribution in [3.63, 3.8) is 0 Å². The molecule has 0 bridgehead atoms. The molecule has 21 heavy (non-hydrogen) atoms. The van der Waals surface area contributed by atoms with Gasteiger partial charge in [0.2, 0.25) is 5.91 Å². The number of carboxylic acids is 2. The van der Waals surface area contributed by atoms with Crippen LogP contribution in [0, 0.1) is 0 Å². The predicted molar refractivity (Wildman–Crippen MR) is 75.0 cm³/mol. The molecule has 0 aromatic rings. The van der Waals surface area contributed by atoms with Crippen molar-refractivity contribution in [2.45, 2.75) is 12.1 Å². The molecule has 1 saturated heterocycles. The van der Waals surface area contributed by atoms with Crippen LogP contribution in [0.4, 0.5) is 4.79 Å². The second-order valence-corrected chi connectivity index (χ2v) is 4.97. The van der Waals surface area contributed by atoms with E-state index in [1.54, 1.807) is 0 Å². The van der Waals surface area contributed by atoms with Gasteiger partial charge >= 0.3 is 18.0 Å². The number of hydrogen-bond donors (Lipinski definition) is 6. The SMILES string of the molecule is CNC(CSCC(N)C(=O)O)C(=O)O.O=C1CNC(=O)N1. The van der Waals surface area contributed by atoms with Crippen LogP contribution in [0.15, 0.2) is 0 Å². The van der Waals surface area contributed by atoms with E-state index in [4.69, 9.17) is 15.9 Å². The normalized spacial score (nSPS) is 16.1. The second-order valence-electron chi connectivity index (χ2n) is 3.89. The molecule has 10 nitrogen and oxygen atoms in total. The van der Waals surface area contributed by atoms with Gasteiger partial charge in [0.05, 0.1) is 6.54 Å². The summed E-state index contributed by atoms with van der Waals surface area (Å²) in [6.07, 6.45) is 0. The van der Waals surface area contributed by atoms with Crippen molar-refractivity contribution in [2.75, 3.05) is 25.1 Å². The van der Waals surface area contributed by atoms with Crippen LogP contribution in [0.1, 0.15) is 0 Å². The van der Waals surface area contributed by atoms with Gasteiger partial charge in [-0.3, -0.25) is 19.7 Å². The zero-order valence-electron chi connectivity index (χ0n) is 11.3. The average Bonchev–Trinajstić information content (AvgIpc) is 2.78. The van der Waals surface area contributed by atoms with E-state index in [1.807, 2.05) is 5.32 Å². The summed E-state index contributed by atoms with van der Waals surface area (Å²) in [4.78, 5) is 40.9. The van der Waals surface area contributed by atoms with Crippen molar-refractivity contribution in [3.05, 3.63) is 0 Å². The van der Waals surface area contributed by atoms with Crippen LogP contribution in [-0.4, -0.2) is 71.3 Å². The molecule has 1 heterocycles. The van der Waals surface area contributed by atoms with Gasteiger partial charge in [-0.2, -0.15) is 11.8 Å². The molecule has 11 heteroatoms. The number of carbonyl (C=O) groups is 4. The van der Waals surface area contributed by atoms with E-state index in [-0.39, 0.29) is 18.2 Å². The third-order valence-corrected chi connectivity index (χ3v) is 3.37. The summed E-state index contributed by atoms with van der Waals surface area (Å²) in [5, 5.41) is 24.0. The molecule has 1 fully saturated rings. The average molecular weight is 322 g/mol. The standard InChI is InChI=1S/C7H14N2O4S.C3H4N2O2/c1-9-5(7(12)13)3-14-2-4(8)6(10)11;6-2-1-4-3(7)5-2/h4-5,9H,2-3,8H2,1H3,(H,10,11)(H,12,13);1H2,(H2,4,5,6,7). The Bertz CT molecular complexity index is 391. The van der Waals surface area contributed by atoms with E-state index in [0.29, 0.717) is 5.75 Å². The summed E-state index contributed by atoms with van der Waals surface area (Å²) in [7, 11) is 1.54. The molecule has 1 rings (SSSR count). The number of nitrogens with two attached hydrogens (primary N) is 1. The van der Waals surface area contributed by atoms with E-state index in [2.05, 4.69) is 10.6 Å². The van der Waals surface area contributed by atoms with Crippen LogP contribution < -0.4 is 21.7 Å². The van der Waals surface area contributed by atoms with E-state index in [1.165, 1.54) is 18.8 Å². The number of carboxylic acid groups (broad SMARTS) is 2. The van der Waals surface area contributed by atoms with Crippen molar-refractivity contribution < 1.29 is 29.4 Å². The molecule has 0 aromatic carbocycles. The Morgan fingerprint density at radius 1 is 1.33 bits per heavy atom. The lowest BCUT2D eigenvalue weighted by molar-refractivity contribution is -0.139. The molecule has 7 N–H and O–H groups in total. The van der Waals surface area contributed by atoms with Crippen molar-refractivity contribution in [2.24, 2.45) is 5.73 Å². The molecular weight excluding hydrogens is 304 g/mol. The van der Waals surface area contributed by atoms with Crippen molar-refractivity contribution >= 4 is 35.6 Å². The number of likely N-dealkylation sites (N-methyl/N-ethyl adjacent to an activating group) is 1. The van der Waals surface area contributed by atoms with Crippen molar-refractivity contribution in [3.8, 4) is 0 Å². The number of carbonyl (C=O) groups excluding carboxylic acids is 2. The molecule has 0 radical (unpaired) electrons. The quantitative estimate of drug-likeness (QED) is 0.280. The van der Waals surface area contributed by atoms with Crippen molar-refractivity contribution in [1.29, 1.82) is 0 Å². The fourth-order valence-electron chi connectivity index (χ4n) is 1.04. The Hall–Kier alpha value is -1.85. The highest BCUT2D eigenvalue weighted by Gasteiger charge is 2.17.